The number of aliphatic carboxylic acids is 1. The van der Waals surface area contributed by atoms with E-state index in [9.17, 15) is 14.7 Å². The molecule has 1 aliphatic heterocycles. The summed E-state index contributed by atoms with van der Waals surface area (Å²) in [5, 5.41) is 10.1. The Morgan fingerprint density at radius 1 is 1.35 bits per heavy atom. The van der Waals surface area contributed by atoms with Crippen molar-refractivity contribution in [1.29, 1.82) is 0 Å². The van der Waals surface area contributed by atoms with Crippen molar-refractivity contribution in [3.63, 3.8) is 0 Å². The summed E-state index contributed by atoms with van der Waals surface area (Å²) in [4.78, 5) is 28.4. The number of carboxylic acids is 1. The van der Waals surface area contributed by atoms with Gasteiger partial charge in [-0.3, -0.25) is 4.79 Å². The number of carboxylic acid groups (broad SMARTS) is 1. The fourth-order valence-corrected chi connectivity index (χ4v) is 3.49. The van der Waals surface area contributed by atoms with Crippen molar-refractivity contribution < 1.29 is 14.7 Å². The van der Waals surface area contributed by atoms with E-state index in [0.717, 1.165) is 16.7 Å². The lowest BCUT2D eigenvalue weighted by Crippen LogP contribution is -2.50. The molecule has 1 amide bonds. The molecule has 2 N–H and O–H groups in total. The number of benzene rings is 1. The van der Waals surface area contributed by atoms with Crippen molar-refractivity contribution in [2.45, 2.75) is 6.04 Å². The van der Waals surface area contributed by atoms with Crippen LogP contribution in [0.1, 0.15) is 10.4 Å². The number of nitrogens with zero attached hydrogens (tertiary/aromatic N) is 1. The highest BCUT2D eigenvalue weighted by atomic mass is 32.2. The van der Waals surface area contributed by atoms with Gasteiger partial charge in [-0.15, -0.1) is 0 Å². The molecule has 0 saturated carbocycles. The number of H-pyrrole nitrogens is 1. The normalized spacial score (nSPS) is 19.2. The minimum absolute atomic E-state index is 0.213. The minimum atomic E-state index is -0.939. The van der Waals surface area contributed by atoms with Crippen molar-refractivity contribution in [3.05, 3.63) is 36.0 Å². The predicted molar refractivity (Wildman–Crippen MR) is 78.1 cm³/mol. The summed E-state index contributed by atoms with van der Waals surface area (Å²) >= 11 is 1.57. The molecule has 5 nitrogen and oxygen atoms in total. The molecule has 0 radical (unpaired) electrons. The van der Waals surface area contributed by atoms with Crippen LogP contribution >= 0.6 is 11.8 Å². The zero-order chi connectivity index (χ0) is 14.1. The van der Waals surface area contributed by atoms with Gasteiger partial charge in [0.2, 0.25) is 0 Å². The Kier molecular flexibility index (Phi) is 3.40. The molecule has 1 unspecified atom stereocenters. The number of amides is 1. The predicted octanol–water partition coefficient (Wildman–Crippen LogP) is 1.81. The molecule has 0 bridgehead atoms. The van der Waals surface area contributed by atoms with Gasteiger partial charge in [0.25, 0.3) is 5.91 Å². The van der Waals surface area contributed by atoms with Gasteiger partial charge in [0.15, 0.2) is 0 Å². The molecule has 1 aromatic carbocycles. The van der Waals surface area contributed by atoms with Crippen LogP contribution in [0.3, 0.4) is 0 Å². The summed E-state index contributed by atoms with van der Waals surface area (Å²) in [7, 11) is 0. The quantitative estimate of drug-likeness (QED) is 0.884. The first-order valence-corrected chi connectivity index (χ1v) is 7.51. The van der Waals surface area contributed by atoms with Crippen LogP contribution in [0, 0.1) is 0 Å². The molecule has 1 fully saturated rings. The van der Waals surface area contributed by atoms with E-state index >= 15 is 0 Å². The molecule has 1 atom stereocenters. The number of aromatic amines is 1. The number of carbonyl (C=O) groups excluding carboxylic acids is 1. The number of hydrogen-bond donors (Lipinski definition) is 2. The van der Waals surface area contributed by atoms with E-state index in [4.69, 9.17) is 0 Å². The zero-order valence-corrected chi connectivity index (χ0v) is 11.5. The SMILES string of the molecule is O=C(O)C1CSCCN1C(=O)c1c[nH]c2ccccc12. The second-order valence-electron chi connectivity index (χ2n) is 4.68. The van der Waals surface area contributed by atoms with Gasteiger partial charge in [0.05, 0.1) is 5.56 Å². The second kappa shape index (κ2) is 5.20. The Morgan fingerprint density at radius 2 is 2.15 bits per heavy atom. The summed E-state index contributed by atoms with van der Waals surface area (Å²) in [5.74, 6) is 0.0712. The van der Waals surface area contributed by atoms with Crippen molar-refractivity contribution >= 4 is 34.5 Å². The van der Waals surface area contributed by atoms with Gasteiger partial charge in [0.1, 0.15) is 6.04 Å². The topological polar surface area (TPSA) is 73.4 Å². The third-order valence-electron chi connectivity index (χ3n) is 3.49. The number of carbonyl (C=O) groups is 2. The number of thioether (sulfide) groups is 1. The average molecular weight is 290 g/mol. The lowest BCUT2D eigenvalue weighted by atomic mass is 10.1. The highest BCUT2D eigenvalue weighted by Crippen LogP contribution is 2.23. The number of nitrogens with one attached hydrogen (secondary N) is 1. The highest BCUT2D eigenvalue weighted by molar-refractivity contribution is 7.99. The molecule has 20 heavy (non-hydrogen) atoms. The van der Waals surface area contributed by atoms with E-state index in [1.165, 1.54) is 4.90 Å². The van der Waals surface area contributed by atoms with Crippen LogP contribution in [0.2, 0.25) is 0 Å². The Morgan fingerprint density at radius 3 is 2.95 bits per heavy atom. The molecule has 1 aliphatic rings. The summed E-state index contributed by atoms with van der Waals surface area (Å²) < 4.78 is 0. The number of para-hydroxylation sites is 1. The first-order valence-electron chi connectivity index (χ1n) is 6.36. The number of hydrogen-bond acceptors (Lipinski definition) is 3. The first-order chi connectivity index (χ1) is 9.68. The fraction of sp³-hybridized carbons (Fsp3) is 0.286. The van der Waals surface area contributed by atoms with Gasteiger partial charge >= 0.3 is 5.97 Å². The molecule has 2 heterocycles. The maximum Gasteiger partial charge on any atom is 0.327 e. The standard InChI is InChI=1S/C14H14N2O3S/c17-13(16-5-6-20-8-12(16)14(18)19)10-7-15-11-4-2-1-3-9(10)11/h1-4,7,12,15H,5-6,8H2,(H,18,19). The average Bonchev–Trinajstić information content (AvgIpc) is 2.90. The van der Waals surface area contributed by atoms with Gasteiger partial charge in [-0.2, -0.15) is 11.8 Å². The van der Waals surface area contributed by atoms with E-state index in [0.29, 0.717) is 17.9 Å². The largest absolute Gasteiger partial charge is 0.480 e. The summed E-state index contributed by atoms with van der Waals surface area (Å²) in [6.45, 7) is 0.472. The molecule has 1 aromatic heterocycles. The van der Waals surface area contributed by atoms with Gasteiger partial charge in [-0.05, 0) is 6.07 Å². The fourth-order valence-electron chi connectivity index (χ4n) is 2.45. The van der Waals surface area contributed by atoms with Crippen LogP contribution in [0.5, 0.6) is 0 Å². The van der Waals surface area contributed by atoms with Gasteiger partial charge in [-0.1, -0.05) is 18.2 Å². The Bertz CT molecular complexity index is 667. The van der Waals surface area contributed by atoms with Gasteiger partial charge in [-0.25, -0.2) is 4.79 Å². The van der Waals surface area contributed by atoms with Gasteiger partial charge in [0, 0.05) is 35.2 Å². The summed E-state index contributed by atoms with van der Waals surface area (Å²) in [6.07, 6.45) is 1.66. The van der Waals surface area contributed by atoms with E-state index in [2.05, 4.69) is 4.98 Å². The molecule has 0 aliphatic carbocycles. The Balaban J connectivity index is 1.96. The van der Waals surface area contributed by atoms with Crippen molar-refractivity contribution in [2.24, 2.45) is 0 Å². The number of rotatable bonds is 2. The molecule has 6 heteroatoms. The van der Waals surface area contributed by atoms with Crippen LogP contribution in [0.15, 0.2) is 30.5 Å². The van der Waals surface area contributed by atoms with Crippen LogP contribution in [0.25, 0.3) is 10.9 Å². The number of aromatic nitrogens is 1. The van der Waals surface area contributed by atoms with Crippen molar-refractivity contribution in [2.75, 3.05) is 18.1 Å². The summed E-state index contributed by atoms with van der Waals surface area (Å²) in [5.41, 5.74) is 1.42. The van der Waals surface area contributed by atoms with Crippen LogP contribution in [0.4, 0.5) is 0 Å². The third kappa shape index (κ3) is 2.16. The molecular formula is C14H14N2O3S. The van der Waals surface area contributed by atoms with Crippen molar-refractivity contribution in [1.82, 2.24) is 9.88 Å². The summed E-state index contributed by atoms with van der Waals surface area (Å²) in [6, 6.07) is 6.79. The molecule has 0 spiro atoms. The van der Waals surface area contributed by atoms with E-state index in [1.54, 1.807) is 18.0 Å². The Labute approximate surface area is 120 Å². The van der Waals surface area contributed by atoms with Gasteiger partial charge < -0.3 is 15.0 Å². The maximum atomic E-state index is 12.6. The second-order valence-corrected chi connectivity index (χ2v) is 5.83. The lowest BCUT2D eigenvalue weighted by Gasteiger charge is -2.32. The highest BCUT2D eigenvalue weighted by Gasteiger charge is 2.33. The Hall–Kier alpha value is -1.95. The first kappa shape index (κ1) is 13.1. The molecule has 1 saturated heterocycles. The van der Waals surface area contributed by atoms with Crippen LogP contribution in [-0.4, -0.2) is 51.0 Å². The maximum absolute atomic E-state index is 12.6. The monoisotopic (exact) mass is 290 g/mol. The smallest absolute Gasteiger partial charge is 0.327 e. The molecule has 2 aromatic rings. The van der Waals surface area contributed by atoms with E-state index in [1.807, 2.05) is 24.3 Å². The minimum Gasteiger partial charge on any atom is -0.480 e. The zero-order valence-electron chi connectivity index (χ0n) is 10.7. The third-order valence-corrected chi connectivity index (χ3v) is 4.52. The lowest BCUT2D eigenvalue weighted by molar-refractivity contribution is -0.141. The van der Waals surface area contributed by atoms with Crippen LogP contribution in [-0.2, 0) is 4.79 Å². The molecule has 3 rings (SSSR count). The number of fused-ring (bicyclic) bond motifs is 1. The van der Waals surface area contributed by atoms with E-state index in [-0.39, 0.29) is 5.91 Å². The van der Waals surface area contributed by atoms with Crippen molar-refractivity contribution in [3.8, 4) is 0 Å². The van der Waals surface area contributed by atoms with E-state index < -0.39 is 12.0 Å². The molecule has 104 valence electrons. The van der Waals surface area contributed by atoms with Crippen LogP contribution < -0.4 is 0 Å². The molecular weight excluding hydrogens is 276 g/mol.